The van der Waals surface area contributed by atoms with E-state index in [-0.39, 0.29) is 5.92 Å². The largest absolute Gasteiger partial charge is 0.300 e. The van der Waals surface area contributed by atoms with E-state index < -0.39 is 6.17 Å². The zero-order chi connectivity index (χ0) is 19.1. The maximum Gasteiger partial charge on any atom is 0.107 e. The summed E-state index contributed by atoms with van der Waals surface area (Å²) in [7, 11) is 0. The number of nitrogens with zero attached hydrogens (tertiary/aromatic N) is 1. The van der Waals surface area contributed by atoms with Crippen LogP contribution in [0.2, 0.25) is 0 Å². The molecule has 0 N–H and O–H groups in total. The Bertz CT molecular complexity index is 666. The van der Waals surface area contributed by atoms with Gasteiger partial charge in [0.05, 0.1) is 0 Å². The van der Waals surface area contributed by atoms with Gasteiger partial charge in [-0.05, 0) is 68.7 Å². The average molecular weight is 368 g/mol. The molecule has 3 atom stereocenters. The molecule has 0 saturated heterocycles. The summed E-state index contributed by atoms with van der Waals surface area (Å²) in [6, 6.07) is 20.1. The van der Waals surface area contributed by atoms with Crippen molar-refractivity contribution in [1.29, 1.82) is 0 Å². The number of aryl methyl sites for hydroxylation is 1. The lowest BCUT2D eigenvalue weighted by molar-refractivity contribution is 0.170. The van der Waals surface area contributed by atoms with Gasteiger partial charge in [-0.2, -0.15) is 0 Å². The van der Waals surface area contributed by atoms with Crippen LogP contribution in [0.25, 0.3) is 0 Å². The van der Waals surface area contributed by atoms with Gasteiger partial charge < -0.3 is 4.90 Å². The normalized spacial score (nSPS) is 20.4. The molecule has 3 unspecified atom stereocenters. The van der Waals surface area contributed by atoms with Crippen LogP contribution in [-0.4, -0.2) is 30.2 Å². The Balaban J connectivity index is 1.48. The van der Waals surface area contributed by atoms with Crippen LogP contribution in [0.5, 0.6) is 0 Å². The Hall–Kier alpha value is -1.67. The predicted molar refractivity (Wildman–Crippen MR) is 113 cm³/mol. The van der Waals surface area contributed by atoms with Crippen LogP contribution < -0.4 is 0 Å². The molecule has 0 bridgehead atoms. The summed E-state index contributed by atoms with van der Waals surface area (Å²) >= 11 is 0. The van der Waals surface area contributed by atoms with Crippen LogP contribution in [0.3, 0.4) is 0 Å². The molecule has 2 aromatic rings. The monoisotopic (exact) mass is 367 g/mol. The molecular weight excluding hydrogens is 333 g/mol. The lowest BCUT2D eigenvalue weighted by Gasteiger charge is -2.31. The van der Waals surface area contributed by atoms with Crippen molar-refractivity contribution in [2.45, 2.75) is 70.5 Å². The van der Waals surface area contributed by atoms with E-state index in [1.807, 2.05) is 0 Å². The van der Waals surface area contributed by atoms with E-state index in [2.05, 4.69) is 73.3 Å². The Kier molecular flexibility index (Phi) is 7.46. The quantitative estimate of drug-likeness (QED) is 0.485. The molecule has 2 heteroatoms. The second-order valence-electron chi connectivity index (χ2n) is 8.10. The Labute approximate surface area is 164 Å². The molecule has 0 spiro atoms. The number of benzene rings is 2. The minimum absolute atomic E-state index is 0.149. The first-order chi connectivity index (χ1) is 13.2. The fraction of sp³-hybridized carbons (Fsp3) is 0.520. The maximum atomic E-state index is 13.6. The first-order valence-corrected chi connectivity index (χ1v) is 10.7. The third-order valence-corrected chi connectivity index (χ3v) is 6.11. The number of alkyl halides is 1. The molecule has 0 amide bonds. The number of hydrogen-bond acceptors (Lipinski definition) is 1. The summed E-state index contributed by atoms with van der Waals surface area (Å²) in [5.74, 6) is 0.149. The molecule has 1 nitrogen and oxygen atoms in total. The summed E-state index contributed by atoms with van der Waals surface area (Å²) in [5, 5.41) is 0. The SMILES string of the molecule is CCCN(CCc1ccccc1)C(C)CCc1ccc(C2CCC2F)cc1. The highest BCUT2D eigenvalue weighted by Crippen LogP contribution is 2.39. The smallest absolute Gasteiger partial charge is 0.107 e. The predicted octanol–water partition coefficient (Wildman–Crippen LogP) is 6.18. The number of halogens is 1. The minimum atomic E-state index is -0.622. The number of hydrogen-bond donors (Lipinski definition) is 0. The molecule has 0 heterocycles. The maximum absolute atomic E-state index is 13.6. The molecular formula is C25H34FN. The lowest BCUT2D eigenvalue weighted by Crippen LogP contribution is -2.35. The van der Waals surface area contributed by atoms with Crippen molar-refractivity contribution in [2.75, 3.05) is 13.1 Å². The van der Waals surface area contributed by atoms with E-state index in [1.54, 1.807) is 0 Å². The van der Waals surface area contributed by atoms with Crippen molar-refractivity contribution in [2.24, 2.45) is 0 Å². The zero-order valence-electron chi connectivity index (χ0n) is 16.9. The van der Waals surface area contributed by atoms with Crippen molar-refractivity contribution >= 4 is 0 Å². The van der Waals surface area contributed by atoms with Crippen LogP contribution in [0, 0.1) is 0 Å². The summed E-state index contributed by atoms with van der Waals surface area (Å²) in [6.45, 7) is 6.90. The molecule has 146 valence electrons. The van der Waals surface area contributed by atoms with Gasteiger partial charge in [-0.15, -0.1) is 0 Å². The molecule has 3 rings (SSSR count). The summed E-state index contributed by atoms with van der Waals surface area (Å²) in [6.07, 6.45) is 5.69. The Morgan fingerprint density at radius 3 is 2.22 bits per heavy atom. The molecule has 1 aliphatic rings. The molecule has 1 saturated carbocycles. The van der Waals surface area contributed by atoms with E-state index in [0.29, 0.717) is 6.04 Å². The highest BCUT2D eigenvalue weighted by Gasteiger charge is 2.31. The van der Waals surface area contributed by atoms with Gasteiger partial charge in [0.2, 0.25) is 0 Å². The van der Waals surface area contributed by atoms with Crippen LogP contribution in [0.4, 0.5) is 4.39 Å². The van der Waals surface area contributed by atoms with E-state index >= 15 is 0 Å². The zero-order valence-corrected chi connectivity index (χ0v) is 16.9. The van der Waals surface area contributed by atoms with Crippen molar-refractivity contribution in [3.63, 3.8) is 0 Å². The third-order valence-electron chi connectivity index (χ3n) is 6.11. The van der Waals surface area contributed by atoms with E-state index in [1.165, 1.54) is 29.5 Å². The first-order valence-electron chi connectivity index (χ1n) is 10.7. The van der Waals surface area contributed by atoms with Crippen molar-refractivity contribution in [3.05, 3.63) is 71.3 Å². The van der Waals surface area contributed by atoms with Crippen LogP contribution in [0.1, 0.15) is 62.1 Å². The van der Waals surface area contributed by atoms with Gasteiger partial charge in [0, 0.05) is 18.5 Å². The van der Waals surface area contributed by atoms with Gasteiger partial charge in [0.1, 0.15) is 6.17 Å². The van der Waals surface area contributed by atoms with Gasteiger partial charge in [-0.1, -0.05) is 61.5 Å². The first kappa shape index (κ1) is 20.1. The molecule has 27 heavy (non-hydrogen) atoms. The second-order valence-corrected chi connectivity index (χ2v) is 8.10. The third kappa shape index (κ3) is 5.65. The highest BCUT2D eigenvalue weighted by atomic mass is 19.1. The summed E-state index contributed by atoms with van der Waals surface area (Å²) in [4.78, 5) is 2.63. The van der Waals surface area contributed by atoms with Crippen LogP contribution in [-0.2, 0) is 12.8 Å². The lowest BCUT2D eigenvalue weighted by atomic mass is 9.78. The van der Waals surface area contributed by atoms with Crippen molar-refractivity contribution in [1.82, 2.24) is 4.90 Å². The number of rotatable bonds is 10. The van der Waals surface area contributed by atoms with Crippen LogP contribution in [0.15, 0.2) is 54.6 Å². The van der Waals surface area contributed by atoms with E-state index in [4.69, 9.17) is 0 Å². The molecule has 2 aromatic carbocycles. The standard InChI is InChI=1S/C25H34FN/c1-3-18-27(19-17-21-7-5-4-6-8-21)20(2)9-10-22-11-13-23(14-12-22)24-15-16-25(24)26/h4-8,11-14,20,24-25H,3,9-10,15-19H2,1-2H3. The average Bonchev–Trinajstić information content (AvgIpc) is 2.70. The highest BCUT2D eigenvalue weighted by molar-refractivity contribution is 5.28. The van der Waals surface area contributed by atoms with Gasteiger partial charge in [0.15, 0.2) is 0 Å². The van der Waals surface area contributed by atoms with E-state index in [0.717, 1.165) is 38.8 Å². The molecule has 1 aliphatic carbocycles. The van der Waals surface area contributed by atoms with Gasteiger partial charge >= 0.3 is 0 Å². The summed E-state index contributed by atoms with van der Waals surface area (Å²) < 4.78 is 13.6. The fourth-order valence-corrected chi connectivity index (χ4v) is 4.08. The molecule has 1 fully saturated rings. The Morgan fingerprint density at radius 2 is 1.63 bits per heavy atom. The topological polar surface area (TPSA) is 3.24 Å². The summed E-state index contributed by atoms with van der Waals surface area (Å²) in [5.41, 5.74) is 3.98. The van der Waals surface area contributed by atoms with Crippen molar-refractivity contribution in [3.8, 4) is 0 Å². The molecule has 0 aliphatic heterocycles. The second kappa shape index (κ2) is 10.0. The van der Waals surface area contributed by atoms with Gasteiger partial charge in [-0.25, -0.2) is 4.39 Å². The van der Waals surface area contributed by atoms with E-state index in [9.17, 15) is 4.39 Å². The van der Waals surface area contributed by atoms with Gasteiger partial charge in [0.25, 0.3) is 0 Å². The fourth-order valence-electron chi connectivity index (χ4n) is 4.08. The minimum Gasteiger partial charge on any atom is -0.300 e. The van der Waals surface area contributed by atoms with Crippen molar-refractivity contribution < 1.29 is 4.39 Å². The van der Waals surface area contributed by atoms with Gasteiger partial charge in [-0.3, -0.25) is 0 Å². The van der Waals surface area contributed by atoms with Crippen LogP contribution >= 0.6 is 0 Å². The molecule has 0 radical (unpaired) electrons. The Morgan fingerprint density at radius 1 is 0.926 bits per heavy atom. The molecule has 0 aromatic heterocycles.